The van der Waals surface area contributed by atoms with E-state index in [4.69, 9.17) is 4.74 Å². The summed E-state index contributed by atoms with van der Waals surface area (Å²) in [6, 6.07) is 0. The lowest BCUT2D eigenvalue weighted by atomic mass is 9.92. The van der Waals surface area contributed by atoms with Crippen LogP contribution in [0.15, 0.2) is 23.0 Å². The van der Waals surface area contributed by atoms with Crippen molar-refractivity contribution in [2.45, 2.75) is 52.9 Å². The van der Waals surface area contributed by atoms with Crippen molar-refractivity contribution < 1.29 is 14.3 Å². The van der Waals surface area contributed by atoms with E-state index in [0.29, 0.717) is 30.6 Å². The Kier molecular flexibility index (Phi) is 5.83. The van der Waals surface area contributed by atoms with Gasteiger partial charge in [-0.1, -0.05) is 33.6 Å². The summed E-state index contributed by atoms with van der Waals surface area (Å²) in [5.74, 6) is 0.114. The average molecular weight is 250 g/mol. The number of hydrogen-bond donors (Lipinski definition) is 0. The molecule has 0 radical (unpaired) electrons. The van der Waals surface area contributed by atoms with Crippen molar-refractivity contribution in [3.63, 3.8) is 0 Å². The highest BCUT2D eigenvalue weighted by Gasteiger charge is 2.27. The Hall–Kier alpha value is -1.38. The smallest absolute Gasteiger partial charge is 0.224 e. The van der Waals surface area contributed by atoms with Crippen LogP contribution in [0.1, 0.15) is 52.9 Å². The molecule has 0 aromatic rings. The number of ether oxygens (including phenoxy) is 1. The summed E-state index contributed by atoms with van der Waals surface area (Å²) >= 11 is 0. The molecular formula is C15H22O3. The SMILES string of the molecule is CCCCCOC1=C(CC)C(=O)C=C(CC)C1=O. The zero-order valence-electron chi connectivity index (χ0n) is 11.5. The summed E-state index contributed by atoms with van der Waals surface area (Å²) in [7, 11) is 0. The maximum atomic E-state index is 12.1. The van der Waals surface area contributed by atoms with Gasteiger partial charge in [-0.05, 0) is 25.3 Å². The van der Waals surface area contributed by atoms with E-state index in [1.807, 2.05) is 13.8 Å². The van der Waals surface area contributed by atoms with Crippen LogP contribution in [0.5, 0.6) is 0 Å². The molecule has 0 atom stereocenters. The molecule has 1 aliphatic rings. The molecule has 0 aliphatic heterocycles. The second-order valence-electron chi connectivity index (χ2n) is 4.43. The molecule has 0 N–H and O–H groups in total. The first-order chi connectivity index (χ1) is 8.65. The van der Waals surface area contributed by atoms with Crippen molar-refractivity contribution in [1.82, 2.24) is 0 Å². The number of ketones is 2. The maximum Gasteiger partial charge on any atom is 0.224 e. The van der Waals surface area contributed by atoms with Crippen molar-refractivity contribution >= 4 is 11.6 Å². The minimum absolute atomic E-state index is 0.0700. The Morgan fingerprint density at radius 3 is 2.33 bits per heavy atom. The van der Waals surface area contributed by atoms with E-state index >= 15 is 0 Å². The Bertz CT molecular complexity index is 389. The van der Waals surface area contributed by atoms with Gasteiger partial charge in [-0.2, -0.15) is 0 Å². The second-order valence-corrected chi connectivity index (χ2v) is 4.43. The molecule has 0 aromatic heterocycles. The van der Waals surface area contributed by atoms with Gasteiger partial charge in [0, 0.05) is 11.1 Å². The van der Waals surface area contributed by atoms with Gasteiger partial charge in [0.2, 0.25) is 5.78 Å². The van der Waals surface area contributed by atoms with Gasteiger partial charge in [0.25, 0.3) is 0 Å². The quantitative estimate of drug-likeness (QED) is 0.514. The van der Waals surface area contributed by atoms with Crippen molar-refractivity contribution in [2.75, 3.05) is 6.61 Å². The molecule has 3 heteroatoms. The summed E-state index contributed by atoms with van der Waals surface area (Å²) in [4.78, 5) is 24.0. The first-order valence-corrected chi connectivity index (χ1v) is 6.81. The van der Waals surface area contributed by atoms with Gasteiger partial charge in [-0.15, -0.1) is 0 Å². The van der Waals surface area contributed by atoms with Gasteiger partial charge >= 0.3 is 0 Å². The maximum absolute atomic E-state index is 12.1. The predicted molar refractivity (Wildman–Crippen MR) is 71.2 cm³/mol. The number of carbonyl (C=O) groups is 2. The summed E-state index contributed by atoms with van der Waals surface area (Å²) in [6.45, 7) is 6.38. The molecule has 0 spiro atoms. The molecule has 0 heterocycles. The fourth-order valence-electron chi connectivity index (χ4n) is 1.98. The topological polar surface area (TPSA) is 43.4 Å². The van der Waals surface area contributed by atoms with E-state index in [9.17, 15) is 9.59 Å². The fourth-order valence-corrected chi connectivity index (χ4v) is 1.98. The van der Waals surface area contributed by atoms with Crippen LogP contribution >= 0.6 is 0 Å². The molecule has 1 rings (SSSR count). The molecule has 100 valence electrons. The Morgan fingerprint density at radius 1 is 1.06 bits per heavy atom. The third-order valence-corrected chi connectivity index (χ3v) is 3.10. The molecule has 0 unspecified atom stereocenters. The number of carbonyl (C=O) groups excluding carboxylic acids is 2. The monoisotopic (exact) mass is 250 g/mol. The molecule has 0 fully saturated rings. The van der Waals surface area contributed by atoms with Gasteiger partial charge in [-0.25, -0.2) is 0 Å². The number of rotatable bonds is 7. The van der Waals surface area contributed by atoms with E-state index in [2.05, 4.69) is 6.92 Å². The molecule has 1 aliphatic carbocycles. The zero-order chi connectivity index (χ0) is 13.5. The van der Waals surface area contributed by atoms with Crippen LogP contribution in [0, 0.1) is 0 Å². The number of allylic oxidation sites excluding steroid dienone is 3. The van der Waals surface area contributed by atoms with Gasteiger partial charge in [0.15, 0.2) is 11.5 Å². The van der Waals surface area contributed by atoms with Crippen LogP contribution in [-0.2, 0) is 14.3 Å². The van der Waals surface area contributed by atoms with Crippen LogP contribution in [0.2, 0.25) is 0 Å². The number of hydrogen-bond acceptors (Lipinski definition) is 3. The van der Waals surface area contributed by atoms with Crippen molar-refractivity contribution in [2.24, 2.45) is 0 Å². The van der Waals surface area contributed by atoms with Crippen LogP contribution in [0.4, 0.5) is 0 Å². The minimum atomic E-state index is -0.106. The Morgan fingerprint density at radius 2 is 1.78 bits per heavy atom. The first-order valence-electron chi connectivity index (χ1n) is 6.81. The lowest BCUT2D eigenvalue weighted by molar-refractivity contribution is -0.118. The highest BCUT2D eigenvalue weighted by Crippen LogP contribution is 2.24. The molecule has 0 saturated carbocycles. The van der Waals surface area contributed by atoms with Crippen molar-refractivity contribution in [1.29, 1.82) is 0 Å². The Balaban J connectivity index is 2.81. The third kappa shape index (κ3) is 3.31. The van der Waals surface area contributed by atoms with E-state index < -0.39 is 0 Å². The highest BCUT2D eigenvalue weighted by molar-refractivity contribution is 6.21. The standard InChI is InChI=1S/C15H22O3/c1-4-7-8-9-18-15-12(6-3)13(16)10-11(5-2)14(15)17/h10H,4-9H2,1-3H3. The van der Waals surface area contributed by atoms with E-state index in [0.717, 1.165) is 19.3 Å². The van der Waals surface area contributed by atoms with Crippen LogP contribution < -0.4 is 0 Å². The molecular weight excluding hydrogens is 228 g/mol. The average Bonchev–Trinajstić information content (AvgIpc) is 2.37. The van der Waals surface area contributed by atoms with E-state index in [1.165, 1.54) is 6.08 Å². The first kappa shape index (κ1) is 14.7. The van der Waals surface area contributed by atoms with Crippen molar-refractivity contribution in [3.05, 3.63) is 23.0 Å². The van der Waals surface area contributed by atoms with Crippen LogP contribution in [0.3, 0.4) is 0 Å². The molecule has 18 heavy (non-hydrogen) atoms. The Labute approximate surface area is 109 Å². The molecule has 0 saturated heterocycles. The van der Waals surface area contributed by atoms with Crippen LogP contribution in [-0.4, -0.2) is 18.2 Å². The van der Waals surface area contributed by atoms with Gasteiger partial charge in [-0.3, -0.25) is 9.59 Å². The van der Waals surface area contributed by atoms with Gasteiger partial charge < -0.3 is 4.74 Å². The third-order valence-electron chi connectivity index (χ3n) is 3.10. The van der Waals surface area contributed by atoms with Crippen molar-refractivity contribution in [3.8, 4) is 0 Å². The lowest BCUT2D eigenvalue weighted by Crippen LogP contribution is -2.21. The van der Waals surface area contributed by atoms with E-state index in [1.54, 1.807) is 0 Å². The number of unbranched alkanes of at least 4 members (excludes halogenated alkanes) is 2. The predicted octanol–water partition coefficient (Wildman–Crippen LogP) is 3.35. The summed E-state index contributed by atoms with van der Waals surface area (Å²) < 4.78 is 5.57. The second kappa shape index (κ2) is 7.14. The molecule has 0 bridgehead atoms. The molecule has 0 amide bonds. The minimum Gasteiger partial charge on any atom is -0.489 e. The normalized spacial score (nSPS) is 16.1. The largest absolute Gasteiger partial charge is 0.489 e. The summed E-state index contributed by atoms with van der Waals surface area (Å²) in [6.07, 6.45) is 5.68. The molecule has 0 aromatic carbocycles. The number of Topliss-reactive ketones (excluding diaryl/α,β-unsaturated/α-hetero) is 1. The fraction of sp³-hybridized carbons (Fsp3) is 0.600. The summed E-state index contributed by atoms with van der Waals surface area (Å²) in [5, 5.41) is 0. The van der Waals surface area contributed by atoms with Crippen LogP contribution in [0.25, 0.3) is 0 Å². The molecule has 3 nitrogen and oxygen atoms in total. The lowest BCUT2D eigenvalue weighted by Gasteiger charge is -2.18. The summed E-state index contributed by atoms with van der Waals surface area (Å²) in [5.41, 5.74) is 1.08. The van der Waals surface area contributed by atoms with Gasteiger partial charge in [0.1, 0.15) is 0 Å². The highest BCUT2D eigenvalue weighted by atomic mass is 16.5. The van der Waals surface area contributed by atoms with E-state index in [-0.39, 0.29) is 17.3 Å². The van der Waals surface area contributed by atoms with Gasteiger partial charge in [0.05, 0.1) is 6.61 Å². The zero-order valence-corrected chi connectivity index (χ0v) is 11.5.